The third-order valence-electron chi connectivity index (χ3n) is 2.67. The molecule has 0 aliphatic carbocycles. The summed E-state index contributed by atoms with van der Waals surface area (Å²) < 4.78 is 28.2. The molecule has 0 saturated carbocycles. The van der Waals surface area contributed by atoms with Gasteiger partial charge in [-0.05, 0) is 20.8 Å². The van der Waals surface area contributed by atoms with Gasteiger partial charge >= 0.3 is 7.60 Å². The number of hydrogen-bond acceptors (Lipinski definition) is 6. The zero-order valence-electron chi connectivity index (χ0n) is 12.1. The van der Waals surface area contributed by atoms with Crippen molar-refractivity contribution in [2.75, 3.05) is 13.2 Å². The van der Waals surface area contributed by atoms with Crippen LogP contribution in [0.4, 0.5) is 0 Å². The van der Waals surface area contributed by atoms with Crippen LogP contribution in [0.3, 0.4) is 0 Å². The third kappa shape index (κ3) is 3.66. The summed E-state index contributed by atoms with van der Waals surface area (Å²) in [5.41, 5.74) is 0.519. The molecule has 0 amide bonds. The second-order valence-electron chi connectivity index (χ2n) is 4.16. The summed E-state index contributed by atoms with van der Waals surface area (Å²) in [5.74, 6) is 0.0136. The number of carbonyl (C=O) groups excluding carboxylic acids is 2. The first-order chi connectivity index (χ1) is 9.38. The van der Waals surface area contributed by atoms with Crippen LogP contribution >= 0.6 is 7.60 Å². The van der Waals surface area contributed by atoms with Crippen LogP contribution < -0.4 is 0 Å². The second kappa shape index (κ2) is 6.97. The van der Waals surface area contributed by atoms with E-state index in [1.54, 1.807) is 20.8 Å². The van der Waals surface area contributed by atoms with Crippen LogP contribution in [0.2, 0.25) is 0 Å². The Hall–Kier alpha value is -1.23. The summed E-state index contributed by atoms with van der Waals surface area (Å²) >= 11 is 0. The summed E-state index contributed by atoms with van der Waals surface area (Å²) in [7, 11) is -3.41. The molecule has 0 unspecified atom stereocenters. The largest absolute Gasteiger partial charge is 0.457 e. The first kappa shape index (κ1) is 16.8. The van der Waals surface area contributed by atoms with E-state index in [-0.39, 0.29) is 42.0 Å². The molecule has 1 rings (SSSR count). The lowest BCUT2D eigenvalue weighted by Crippen LogP contribution is -2.04. The molecule has 1 heterocycles. The standard InChI is InChI=1S/C13H19O6P/c1-5-17-20(16,18-6-2)8-12-11(7-14)10(4)19-13(12)9(3)15/h7H,5-6,8H2,1-4H3. The highest BCUT2D eigenvalue weighted by atomic mass is 31.2. The maximum atomic E-state index is 12.5. The number of ketones is 1. The first-order valence-corrected chi connectivity index (χ1v) is 8.07. The maximum Gasteiger partial charge on any atom is 0.335 e. The monoisotopic (exact) mass is 302 g/mol. The summed E-state index contributed by atoms with van der Waals surface area (Å²) in [6.07, 6.45) is 0.428. The number of furan rings is 1. The first-order valence-electron chi connectivity index (χ1n) is 6.35. The molecule has 0 fully saturated rings. The molecule has 7 heteroatoms. The highest BCUT2D eigenvalue weighted by Crippen LogP contribution is 2.52. The predicted octanol–water partition coefficient (Wildman–Crippen LogP) is 3.37. The minimum absolute atomic E-state index is 0.0317. The van der Waals surface area contributed by atoms with E-state index in [1.807, 2.05) is 0 Å². The van der Waals surface area contributed by atoms with E-state index in [2.05, 4.69) is 0 Å². The minimum Gasteiger partial charge on any atom is -0.457 e. The van der Waals surface area contributed by atoms with Gasteiger partial charge in [-0.3, -0.25) is 14.2 Å². The lowest BCUT2D eigenvalue weighted by molar-refractivity contribution is 0.0984. The average molecular weight is 302 g/mol. The van der Waals surface area contributed by atoms with E-state index in [4.69, 9.17) is 13.5 Å². The molecule has 0 aromatic carbocycles. The Balaban J connectivity index is 3.27. The SMILES string of the molecule is CCOP(=O)(Cc1c(C(C)=O)oc(C)c1C=O)OCC. The van der Waals surface area contributed by atoms with Crippen LogP contribution in [0.15, 0.2) is 4.42 Å². The van der Waals surface area contributed by atoms with E-state index in [1.165, 1.54) is 6.92 Å². The predicted molar refractivity (Wildman–Crippen MR) is 73.4 cm³/mol. The topological polar surface area (TPSA) is 82.8 Å². The van der Waals surface area contributed by atoms with Crippen molar-refractivity contribution >= 4 is 19.7 Å². The van der Waals surface area contributed by atoms with Crippen molar-refractivity contribution in [1.82, 2.24) is 0 Å². The molecule has 0 spiro atoms. The fraction of sp³-hybridized carbons (Fsp3) is 0.538. The van der Waals surface area contributed by atoms with Gasteiger partial charge in [0.1, 0.15) is 5.76 Å². The van der Waals surface area contributed by atoms with E-state index in [0.29, 0.717) is 12.0 Å². The third-order valence-corrected chi connectivity index (χ3v) is 4.68. The Morgan fingerprint density at radius 2 is 1.85 bits per heavy atom. The molecule has 0 radical (unpaired) electrons. The Morgan fingerprint density at radius 3 is 2.25 bits per heavy atom. The number of aldehydes is 1. The van der Waals surface area contributed by atoms with Crippen LogP contribution in [-0.2, 0) is 19.8 Å². The molecule has 0 aliphatic heterocycles. The van der Waals surface area contributed by atoms with Crippen molar-refractivity contribution in [1.29, 1.82) is 0 Å². The number of aryl methyl sites for hydroxylation is 1. The lowest BCUT2D eigenvalue weighted by Gasteiger charge is -2.16. The van der Waals surface area contributed by atoms with Gasteiger partial charge in [0.15, 0.2) is 17.8 Å². The fourth-order valence-electron chi connectivity index (χ4n) is 1.92. The Kier molecular flexibility index (Phi) is 5.87. The molecule has 1 aromatic heterocycles. The Labute approximate surface area is 118 Å². The highest BCUT2D eigenvalue weighted by Gasteiger charge is 2.31. The van der Waals surface area contributed by atoms with E-state index in [9.17, 15) is 14.2 Å². The number of rotatable bonds is 8. The van der Waals surface area contributed by atoms with Crippen molar-refractivity contribution in [2.45, 2.75) is 33.9 Å². The summed E-state index contributed by atoms with van der Waals surface area (Å²) in [6.45, 7) is 6.70. The van der Waals surface area contributed by atoms with Gasteiger partial charge in [-0.25, -0.2) is 0 Å². The number of hydrogen-bond donors (Lipinski definition) is 0. The zero-order valence-corrected chi connectivity index (χ0v) is 13.0. The molecular formula is C13H19O6P. The molecule has 6 nitrogen and oxygen atoms in total. The number of carbonyl (C=O) groups is 2. The number of Topliss-reactive ketones (excluding diaryl/α,β-unsaturated/α-hetero) is 1. The zero-order chi connectivity index (χ0) is 15.3. The van der Waals surface area contributed by atoms with Crippen LogP contribution in [0.25, 0.3) is 0 Å². The summed E-state index contributed by atoms with van der Waals surface area (Å²) in [6, 6.07) is 0. The van der Waals surface area contributed by atoms with Crippen molar-refractivity contribution in [3.8, 4) is 0 Å². The van der Waals surface area contributed by atoms with Crippen molar-refractivity contribution < 1.29 is 27.6 Å². The van der Waals surface area contributed by atoms with Crippen LogP contribution in [0.5, 0.6) is 0 Å². The molecule has 0 N–H and O–H groups in total. The van der Waals surface area contributed by atoms with Crippen LogP contribution in [0, 0.1) is 6.92 Å². The quantitative estimate of drug-likeness (QED) is 0.416. The van der Waals surface area contributed by atoms with Crippen LogP contribution in [-0.4, -0.2) is 25.3 Å². The molecule has 1 aromatic rings. The van der Waals surface area contributed by atoms with Gasteiger partial charge in [-0.2, -0.15) is 0 Å². The van der Waals surface area contributed by atoms with Gasteiger partial charge < -0.3 is 13.5 Å². The molecule has 20 heavy (non-hydrogen) atoms. The summed E-state index contributed by atoms with van der Waals surface area (Å²) in [5, 5.41) is 0. The molecule has 0 bridgehead atoms. The molecule has 112 valence electrons. The van der Waals surface area contributed by atoms with Gasteiger partial charge in [-0.1, -0.05) is 0 Å². The fourth-order valence-corrected chi connectivity index (χ4v) is 3.66. The van der Waals surface area contributed by atoms with E-state index >= 15 is 0 Å². The second-order valence-corrected chi connectivity index (χ2v) is 6.21. The van der Waals surface area contributed by atoms with Crippen molar-refractivity contribution in [3.63, 3.8) is 0 Å². The Morgan fingerprint density at radius 1 is 1.30 bits per heavy atom. The van der Waals surface area contributed by atoms with E-state index < -0.39 is 7.60 Å². The minimum atomic E-state index is -3.41. The van der Waals surface area contributed by atoms with Crippen LogP contribution in [0.1, 0.15) is 53.0 Å². The highest BCUT2D eigenvalue weighted by molar-refractivity contribution is 7.53. The molecular weight excluding hydrogens is 283 g/mol. The van der Waals surface area contributed by atoms with Crippen molar-refractivity contribution in [2.24, 2.45) is 0 Å². The summed E-state index contributed by atoms with van der Waals surface area (Å²) in [4.78, 5) is 22.7. The van der Waals surface area contributed by atoms with Gasteiger partial charge in [0.2, 0.25) is 0 Å². The maximum absolute atomic E-state index is 12.5. The molecule has 0 atom stereocenters. The van der Waals surface area contributed by atoms with Gasteiger partial charge in [-0.15, -0.1) is 0 Å². The Bertz CT molecular complexity index is 535. The van der Waals surface area contributed by atoms with Crippen molar-refractivity contribution in [3.05, 3.63) is 22.6 Å². The smallest absolute Gasteiger partial charge is 0.335 e. The molecule has 0 saturated heterocycles. The molecule has 0 aliphatic rings. The van der Waals surface area contributed by atoms with Gasteiger partial charge in [0.25, 0.3) is 0 Å². The average Bonchev–Trinajstić information content (AvgIpc) is 2.66. The van der Waals surface area contributed by atoms with E-state index in [0.717, 1.165) is 0 Å². The van der Waals surface area contributed by atoms with Gasteiger partial charge in [0, 0.05) is 12.5 Å². The van der Waals surface area contributed by atoms with Gasteiger partial charge in [0.05, 0.1) is 24.9 Å². The lowest BCUT2D eigenvalue weighted by atomic mass is 10.1. The normalized spacial score (nSPS) is 11.6.